The van der Waals surface area contributed by atoms with Gasteiger partial charge in [0.1, 0.15) is 5.75 Å². The highest BCUT2D eigenvalue weighted by molar-refractivity contribution is 5.83. The van der Waals surface area contributed by atoms with Crippen LogP contribution in [-0.4, -0.2) is 24.0 Å². The van der Waals surface area contributed by atoms with Gasteiger partial charge < -0.3 is 15.0 Å². The van der Waals surface area contributed by atoms with Gasteiger partial charge in [-0.15, -0.1) is 0 Å². The molecule has 1 amide bonds. The maximum Gasteiger partial charge on any atom is 0.257 e. The first-order chi connectivity index (χ1) is 12.5. The van der Waals surface area contributed by atoms with Gasteiger partial charge in [-0.1, -0.05) is 38.1 Å². The Morgan fingerprint density at radius 2 is 2.00 bits per heavy atom. The lowest BCUT2D eigenvalue weighted by Crippen LogP contribution is -2.30. The highest BCUT2D eigenvalue weighted by Crippen LogP contribution is 2.23. The first-order valence-electron chi connectivity index (χ1n) is 9.09. The van der Waals surface area contributed by atoms with Crippen LogP contribution in [0.15, 0.2) is 48.7 Å². The van der Waals surface area contributed by atoms with Crippen LogP contribution >= 0.6 is 0 Å². The maximum absolute atomic E-state index is 12.0. The molecule has 3 aromatic rings. The van der Waals surface area contributed by atoms with Crippen molar-refractivity contribution in [2.75, 3.05) is 13.2 Å². The van der Waals surface area contributed by atoms with Gasteiger partial charge in [-0.05, 0) is 54.2 Å². The van der Waals surface area contributed by atoms with Crippen LogP contribution in [0.25, 0.3) is 10.9 Å². The molecule has 0 saturated carbocycles. The first kappa shape index (κ1) is 18.1. The van der Waals surface area contributed by atoms with E-state index in [1.807, 2.05) is 30.5 Å². The van der Waals surface area contributed by atoms with Gasteiger partial charge in [-0.3, -0.25) is 4.79 Å². The van der Waals surface area contributed by atoms with Crippen molar-refractivity contribution in [1.82, 2.24) is 10.3 Å². The van der Waals surface area contributed by atoms with Crippen LogP contribution in [0.4, 0.5) is 0 Å². The molecule has 0 spiro atoms. The zero-order chi connectivity index (χ0) is 18.5. The Kier molecular flexibility index (Phi) is 5.61. The summed E-state index contributed by atoms with van der Waals surface area (Å²) in [4.78, 5) is 15.3. The Morgan fingerprint density at radius 1 is 1.19 bits per heavy atom. The lowest BCUT2D eigenvalue weighted by atomic mass is 9.98. The minimum atomic E-state index is -0.101. The van der Waals surface area contributed by atoms with E-state index in [-0.39, 0.29) is 12.5 Å². The second-order valence-corrected chi connectivity index (χ2v) is 6.92. The number of carbonyl (C=O) groups excluding carboxylic acids is 1. The number of para-hydroxylation sites is 1. The van der Waals surface area contributed by atoms with E-state index in [2.05, 4.69) is 49.3 Å². The van der Waals surface area contributed by atoms with Crippen LogP contribution in [0.2, 0.25) is 0 Å². The molecule has 0 aliphatic heterocycles. The summed E-state index contributed by atoms with van der Waals surface area (Å²) in [6.45, 7) is 7.04. The quantitative estimate of drug-likeness (QED) is 0.666. The van der Waals surface area contributed by atoms with E-state index in [4.69, 9.17) is 4.74 Å². The van der Waals surface area contributed by atoms with Gasteiger partial charge in [0, 0.05) is 23.6 Å². The predicted octanol–water partition coefficient (Wildman–Crippen LogP) is 4.34. The number of hydrogen-bond donors (Lipinski definition) is 2. The number of rotatable bonds is 7. The van der Waals surface area contributed by atoms with Crippen molar-refractivity contribution < 1.29 is 9.53 Å². The molecule has 136 valence electrons. The molecular weight excluding hydrogens is 324 g/mol. The predicted molar refractivity (Wildman–Crippen MR) is 106 cm³/mol. The second-order valence-electron chi connectivity index (χ2n) is 6.92. The van der Waals surface area contributed by atoms with Gasteiger partial charge in [-0.25, -0.2) is 0 Å². The molecule has 0 fully saturated rings. The number of nitrogens with one attached hydrogen (secondary N) is 2. The average molecular weight is 350 g/mol. The molecule has 2 N–H and O–H groups in total. The van der Waals surface area contributed by atoms with Crippen molar-refractivity contribution in [3.05, 3.63) is 65.4 Å². The van der Waals surface area contributed by atoms with Crippen LogP contribution in [0.1, 0.15) is 36.5 Å². The van der Waals surface area contributed by atoms with Crippen LogP contribution in [0, 0.1) is 6.92 Å². The van der Waals surface area contributed by atoms with Crippen molar-refractivity contribution in [1.29, 1.82) is 0 Å². The largest absolute Gasteiger partial charge is 0.484 e. The van der Waals surface area contributed by atoms with E-state index in [0.717, 1.165) is 17.7 Å². The molecule has 1 heterocycles. The average Bonchev–Trinajstić information content (AvgIpc) is 3.03. The third-order valence-electron chi connectivity index (χ3n) is 4.62. The number of fused-ring (bicyclic) bond motifs is 1. The summed E-state index contributed by atoms with van der Waals surface area (Å²) in [6.07, 6.45) is 2.80. The van der Waals surface area contributed by atoms with Gasteiger partial charge in [-0.2, -0.15) is 0 Å². The van der Waals surface area contributed by atoms with Crippen molar-refractivity contribution in [2.45, 2.75) is 33.1 Å². The monoisotopic (exact) mass is 350 g/mol. The highest BCUT2D eigenvalue weighted by Gasteiger charge is 2.08. The molecule has 0 bridgehead atoms. The number of hydrogen-bond acceptors (Lipinski definition) is 2. The number of aryl methyl sites for hydroxylation is 1. The summed E-state index contributed by atoms with van der Waals surface area (Å²) < 4.78 is 5.62. The first-order valence-corrected chi connectivity index (χ1v) is 9.09. The number of aromatic amines is 1. The Morgan fingerprint density at radius 3 is 2.77 bits per heavy atom. The number of carbonyl (C=O) groups is 1. The van der Waals surface area contributed by atoms with Crippen LogP contribution in [0.5, 0.6) is 5.75 Å². The molecule has 0 saturated heterocycles. The number of ether oxygens (including phenoxy) is 1. The molecule has 3 rings (SSSR count). The van der Waals surface area contributed by atoms with Crippen molar-refractivity contribution in [3.8, 4) is 5.75 Å². The van der Waals surface area contributed by atoms with Crippen LogP contribution in [0.3, 0.4) is 0 Å². The molecule has 1 aromatic heterocycles. The maximum atomic E-state index is 12.0. The summed E-state index contributed by atoms with van der Waals surface area (Å²) in [6, 6.07) is 14.2. The van der Waals surface area contributed by atoms with E-state index >= 15 is 0 Å². The molecule has 0 aliphatic rings. The lowest BCUT2D eigenvalue weighted by Gasteiger charge is -2.12. The van der Waals surface area contributed by atoms with Crippen molar-refractivity contribution >= 4 is 16.8 Å². The molecule has 4 nitrogen and oxygen atoms in total. The molecule has 0 unspecified atom stereocenters. The van der Waals surface area contributed by atoms with Crippen molar-refractivity contribution in [2.24, 2.45) is 0 Å². The molecular formula is C22H26N2O2. The normalized spacial score (nSPS) is 11.1. The summed E-state index contributed by atoms with van der Waals surface area (Å²) >= 11 is 0. The fraction of sp³-hybridized carbons (Fsp3) is 0.318. The fourth-order valence-electron chi connectivity index (χ4n) is 3.26. The third-order valence-corrected chi connectivity index (χ3v) is 4.62. The molecule has 26 heavy (non-hydrogen) atoms. The minimum absolute atomic E-state index is 0.0361. The van der Waals surface area contributed by atoms with E-state index in [1.165, 1.54) is 22.1 Å². The molecule has 2 aromatic carbocycles. The Bertz CT molecular complexity index is 896. The smallest absolute Gasteiger partial charge is 0.257 e. The second kappa shape index (κ2) is 8.09. The lowest BCUT2D eigenvalue weighted by molar-refractivity contribution is -0.123. The Labute approximate surface area is 154 Å². The Hall–Kier alpha value is -2.75. The summed E-state index contributed by atoms with van der Waals surface area (Å²) in [5.41, 5.74) is 4.83. The van der Waals surface area contributed by atoms with E-state index < -0.39 is 0 Å². The number of benzene rings is 2. The standard InChI is InChI=1S/C22H26N2O2/c1-15(2)19-9-8-18(12-16(19)3)26-14-22(25)23-11-10-17-13-24-21-7-5-4-6-20(17)21/h4-9,12-13,15,24H,10-11,14H2,1-3H3,(H,23,25). The molecule has 4 heteroatoms. The molecule has 0 atom stereocenters. The van der Waals surface area contributed by atoms with Crippen molar-refractivity contribution in [3.63, 3.8) is 0 Å². The zero-order valence-electron chi connectivity index (χ0n) is 15.6. The number of aromatic nitrogens is 1. The van der Waals surface area contributed by atoms with Gasteiger partial charge in [0.25, 0.3) is 5.91 Å². The zero-order valence-corrected chi connectivity index (χ0v) is 15.6. The SMILES string of the molecule is Cc1cc(OCC(=O)NCCc2c[nH]c3ccccc23)ccc1C(C)C. The van der Waals surface area contributed by atoms with Crippen LogP contribution < -0.4 is 10.1 Å². The topological polar surface area (TPSA) is 54.1 Å². The third kappa shape index (κ3) is 4.26. The van der Waals surface area contributed by atoms with Gasteiger partial charge in [0.15, 0.2) is 6.61 Å². The van der Waals surface area contributed by atoms with Crippen LogP contribution in [-0.2, 0) is 11.2 Å². The number of H-pyrrole nitrogens is 1. The molecule has 0 radical (unpaired) electrons. The summed E-state index contributed by atoms with van der Waals surface area (Å²) in [7, 11) is 0. The minimum Gasteiger partial charge on any atom is -0.484 e. The highest BCUT2D eigenvalue weighted by atomic mass is 16.5. The number of amides is 1. The van der Waals surface area contributed by atoms with E-state index in [0.29, 0.717) is 12.5 Å². The summed E-state index contributed by atoms with van der Waals surface area (Å²) in [5.74, 6) is 1.12. The Balaban J connectivity index is 1.46. The summed E-state index contributed by atoms with van der Waals surface area (Å²) in [5, 5.41) is 4.13. The van der Waals surface area contributed by atoms with Gasteiger partial charge in [0.2, 0.25) is 0 Å². The molecule has 0 aliphatic carbocycles. The van der Waals surface area contributed by atoms with E-state index in [9.17, 15) is 4.79 Å². The fourth-order valence-corrected chi connectivity index (χ4v) is 3.26. The van der Waals surface area contributed by atoms with Gasteiger partial charge in [0.05, 0.1) is 0 Å². The van der Waals surface area contributed by atoms with Gasteiger partial charge >= 0.3 is 0 Å². The van der Waals surface area contributed by atoms with E-state index in [1.54, 1.807) is 0 Å².